The van der Waals surface area contributed by atoms with Gasteiger partial charge in [0.15, 0.2) is 0 Å². The molecule has 4 heteroatoms. The first kappa shape index (κ1) is 51.5. The molecule has 0 radical (unpaired) electrons. The van der Waals surface area contributed by atoms with Gasteiger partial charge < -0.3 is 8.98 Å². The Labute approximate surface area is 434 Å². The van der Waals surface area contributed by atoms with E-state index in [1.807, 2.05) is 50.6 Å². The van der Waals surface area contributed by atoms with Crippen LogP contribution in [0.15, 0.2) is 217 Å². The number of aryl methyl sites for hydroxylation is 4. The SMILES string of the molecule is C=C/C=C(\C=C/C)n1c(CCCC(=C)C2=CC(C)(c3ccc(CCC)c(-c4cnccc4C)c3)CC=C2)c(C)c2ccccc21.CC.Cc1cccc(-c2cccc(-c3ccc4oc5ccncc5c4c3)c2)c1. The minimum Gasteiger partial charge on any atom is -0.456 e. The fourth-order valence-corrected chi connectivity index (χ4v) is 10.4. The van der Waals surface area contributed by atoms with Crippen LogP contribution in [0.5, 0.6) is 0 Å². The molecule has 1 aliphatic rings. The van der Waals surface area contributed by atoms with Gasteiger partial charge >= 0.3 is 0 Å². The Morgan fingerprint density at radius 1 is 0.740 bits per heavy atom. The highest BCUT2D eigenvalue weighted by atomic mass is 16.3. The molecule has 0 saturated carbocycles. The zero-order valence-corrected chi connectivity index (χ0v) is 44.3. The molecule has 10 rings (SSSR count). The minimum atomic E-state index is -0.0947. The maximum atomic E-state index is 5.91. The molecule has 0 fully saturated rings. The number of allylic oxidation sites excluding steroid dienone is 10. The summed E-state index contributed by atoms with van der Waals surface area (Å²) in [5, 5.41) is 3.47. The normalized spacial score (nSPS) is 14.5. The summed E-state index contributed by atoms with van der Waals surface area (Å²) in [5.74, 6) is 0. The number of furan rings is 1. The van der Waals surface area contributed by atoms with Crippen LogP contribution in [0.1, 0.15) is 93.8 Å². The number of aromatic nitrogens is 3. The van der Waals surface area contributed by atoms with Crippen LogP contribution in [0.4, 0.5) is 0 Å². The van der Waals surface area contributed by atoms with Gasteiger partial charge in [0.25, 0.3) is 0 Å². The van der Waals surface area contributed by atoms with E-state index >= 15 is 0 Å². The molecule has 0 bridgehead atoms. The first-order chi connectivity index (χ1) is 35.6. The van der Waals surface area contributed by atoms with Crippen molar-refractivity contribution in [2.24, 2.45) is 0 Å². The number of hydrogen-bond donors (Lipinski definition) is 0. The van der Waals surface area contributed by atoms with Gasteiger partial charge in [0.1, 0.15) is 11.2 Å². The zero-order chi connectivity index (χ0) is 51.5. The lowest BCUT2D eigenvalue weighted by atomic mass is 9.73. The topological polar surface area (TPSA) is 43.9 Å². The average molecular weight is 958 g/mol. The molecule has 0 spiro atoms. The molecule has 1 aliphatic carbocycles. The predicted octanol–water partition coefficient (Wildman–Crippen LogP) is 19.2. The monoisotopic (exact) mass is 958 g/mol. The summed E-state index contributed by atoms with van der Waals surface area (Å²) >= 11 is 0. The second kappa shape index (κ2) is 23.6. The van der Waals surface area contributed by atoms with Gasteiger partial charge in [-0.3, -0.25) is 9.97 Å². The van der Waals surface area contributed by atoms with Crippen molar-refractivity contribution in [2.75, 3.05) is 0 Å². The third-order valence-corrected chi connectivity index (χ3v) is 14.2. The third kappa shape index (κ3) is 11.3. The van der Waals surface area contributed by atoms with Crippen LogP contribution in [0.3, 0.4) is 0 Å². The molecule has 0 amide bonds. The Morgan fingerprint density at radius 2 is 1.47 bits per heavy atom. The lowest BCUT2D eigenvalue weighted by molar-refractivity contribution is 0.594. The van der Waals surface area contributed by atoms with Crippen molar-refractivity contribution in [1.29, 1.82) is 0 Å². The van der Waals surface area contributed by atoms with Crippen LogP contribution in [-0.2, 0) is 18.3 Å². The van der Waals surface area contributed by atoms with Gasteiger partial charge in [0.2, 0.25) is 0 Å². The van der Waals surface area contributed by atoms with Crippen molar-refractivity contribution < 1.29 is 4.42 Å². The van der Waals surface area contributed by atoms with E-state index in [4.69, 9.17) is 4.42 Å². The summed E-state index contributed by atoms with van der Waals surface area (Å²) in [6.45, 7) is 25.8. The molecular weight excluding hydrogens is 887 g/mol. The van der Waals surface area contributed by atoms with Gasteiger partial charge in [-0.2, -0.15) is 0 Å². The summed E-state index contributed by atoms with van der Waals surface area (Å²) in [6, 6.07) is 43.5. The average Bonchev–Trinajstić information content (AvgIpc) is 3.93. The number of para-hydroxylation sites is 1. The number of fused-ring (bicyclic) bond motifs is 4. The number of pyridine rings is 2. The van der Waals surface area contributed by atoms with Crippen LogP contribution in [-0.4, -0.2) is 14.5 Å². The summed E-state index contributed by atoms with van der Waals surface area (Å²) in [6.07, 6.45) is 29.0. The Balaban J connectivity index is 0.000000214. The second-order valence-corrected chi connectivity index (χ2v) is 19.3. The number of hydrogen-bond acceptors (Lipinski definition) is 3. The summed E-state index contributed by atoms with van der Waals surface area (Å²) in [5.41, 5.74) is 21.9. The van der Waals surface area contributed by atoms with E-state index in [1.165, 1.54) is 88.9 Å². The molecule has 0 N–H and O–H groups in total. The molecule has 1 atom stereocenters. The molecule has 73 heavy (non-hydrogen) atoms. The Bertz CT molecular complexity index is 3550. The highest BCUT2D eigenvalue weighted by Gasteiger charge is 2.28. The van der Waals surface area contributed by atoms with Gasteiger partial charge in [-0.15, -0.1) is 0 Å². The van der Waals surface area contributed by atoms with E-state index in [2.05, 4.69) is 215 Å². The van der Waals surface area contributed by atoms with E-state index in [9.17, 15) is 0 Å². The van der Waals surface area contributed by atoms with Gasteiger partial charge in [0.05, 0.1) is 5.52 Å². The number of rotatable bonds is 14. The summed E-state index contributed by atoms with van der Waals surface area (Å²) in [7, 11) is 0. The van der Waals surface area contributed by atoms with E-state index in [1.54, 1.807) is 6.20 Å². The highest BCUT2D eigenvalue weighted by molar-refractivity contribution is 6.06. The molecule has 9 aromatic rings. The quantitative estimate of drug-likeness (QED) is 0.102. The zero-order valence-electron chi connectivity index (χ0n) is 44.3. The van der Waals surface area contributed by atoms with E-state index in [0.717, 1.165) is 66.2 Å². The first-order valence-electron chi connectivity index (χ1n) is 26.2. The van der Waals surface area contributed by atoms with Crippen LogP contribution in [0.2, 0.25) is 0 Å². The number of nitrogens with zero attached hydrogens (tertiary/aromatic N) is 3. The van der Waals surface area contributed by atoms with E-state index in [-0.39, 0.29) is 5.41 Å². The van der Waals surface area contributed by atoms with Crippen molar-refractivity contribution in [1.82, 2.24) is 14.5 Å². The highest BCUT2D eigenvalue weighted by Crippen LogP contribution is 2.40. The molecule has 5 aromatic carbocycles. The molecular formula is C69H71N3O. The molecule has 4 aromatic heterocycles. The van der Waals surface area contributed by atoms with E-state index in [0.29, 0.717) is 0 Å². The summed E-state index contributed by atoms with van der Waals surface area (Å²) < 4.78 is 8.32. The Kier molecular flexibility index (Phi) is 16.7. The van der Waals surface area contributed by atoms with Gasteiger partial charge in [-0.05, 0) is 176 Å². The largest absolute Gasteiger partial charge is 0.456 e. The van der Waals surface area contributed by atoms with E-state index < -0.39 is 0 Å². The molecule has 4 heterocycles. The lowest BCUT2D eigenvalue weighted by Gasteiger charge is -2.31. The maximum absolute atomic E-state index is 5.91. The minimum absolute atomic E-state index is 0.0947. The fraction of sp³-hybridized carbons (Fsp3) is 0.217. The molecule has 4 nitrogen and oxygen atoms in total. The van der Waals surface area contributed by atoms with Crippen LogP contribution < -0.4 is 0 Å². The van der Waals surface area contributed by atoms with Crippen molar-refractivity contribution in [3.8, 4) is 33.4 Å². The fourth-order valence-electron chi connectivity index (χ4n) is 10.4. The van der Waals surface area contributed by atoms with Crippen LogP contribution >= 0.6 is 0 Å². The molecule has 0 saturated heterocycles. The third-order valence-electron chi connectivity index (χ3n) is 14.2. The summed E-state index contributed by atoms with van der Waals surface area (Å²) in [4.78, 5) is 8.71. The van der Waals surface area contributed by atoms with Gasteiger partial charge in [0, 0.05) is 63.3 Å². The van der Waals surface area contributed by atoms with Gasteiger partial charge in [-0.25, -0.2) is 0 Å². The molecule has 1 unspecified atom stereocenters. The first-order valence-corrected chi connectivity index (χ1v) is 26.2. The lowest BCUT2D eigenvalue weighted by Crippen LogP contribution is -2.21. The standard InChI is InChI=1S/C43H48N2.C24H17NO.C2H6/c1-8-15-34-23-24-36(28-39(34)40-30-44-27-25-32(40)5)43(7)26-14-19-35(29-43)31(4)18-13-22-41-33(6)38-20-11-12-21-42(38)45(41)37(16-9-2)17-10-3;1-16-4-2-5-17(12-16)18-6-3-7-19(13-18)20-8-9-23-21(14-20)22-15-25-11-10-24(22)26-23;1-2/h9-12,14,16-17,19-21,23-25,27-30H,2,4,8,13,15,18,22,26H2,1,3,5-7H3;2-15H,1H3;1-2H3/b17-10-,37-16+;;. The molecule has 0 aliphatic heterocycles. The number of benzene rings is 5. The molecule has 368 valence electrons. The van der Waals surface area contributed by atoms with Crippen molar-refractivity contribution >= 4 is 38.5 Å². The smallest absolute Gasteiger partial charge is 0.138 e. The van der Waals surface area contributed by atoms with Crippen molar-refractivity contribution in [3.05, 3.63) is 246 Å². The van der Waals surface area contributed by atoms with Crippen LogP contribution in [0, 0.1) is 20.8 Å². The van der Waals surface area contributed by atoms with Crippen molar-refractivity contribution in [3.63, 3.8) is 0 Å². The maximum Gasteiger partial charge on any atom is 0.138 e. The Morgan fingerprint density at radius 3 is 2.22 bits per heavy atom. The van der Waals surface area contributed by atoms with Crippen LogP contribution in [0.25, 0.3) is 71.9 Å². The van der Waals surface area contributed by atoms with Crippen molar-refractivity contribution in [2.45, 2.75) is 99.3 Å². The Hall–Kier alpha value is -7.82. The van der Waals surface area contributed by atoms with Gasteiger partial charge in [-0.1, -0.05) is 162 Å². The second-order valence-electron chi connectivity index (χ2n) is 19.3. The predicted molar refractivity (Wildman–Crippen MR) is 314 cm³/mol.